The van der Waals surface area contributed by atoms with Crippen LogP contribution in [0.4, 0.5) is 0 Å². The van der Waals surface area contributed by atoms with Gasteiger partial charge >= 0.3 is 5.97 Å². The Hall–Kier alpha value is -2.74. The summed E-state index contributed by atoms with van der Waals surface area (Å²) in [6, 6.07) is 5.84. The second-order valence-electron chi connectivity index (χ2n) is 7.46. The summed E-state index contributed by atoms with van der Waals surface area (Å²) in [6.07, 6.45) is 1.80. The van der Waals surface area contributed by atoms with E-state index >= 15 is 0 Å². The summed E-state index contributed by atoms with van der Waals surface area (Å²) in [6.45, 7) is 6.32. The fourth-order valence-electron chi connectivity index (χ4n) is 4.01. The number of nitrogens with zero attached hydrogens (tertiary/aromatic N) is 5. The van der Waals surface area contributed by atoms with Crippen molar-refractivity contribution in [2.45, 2.75) is 33.2 Å². The maximum absolute atomic E-state index is 12.7. The number of carbonyl (C=O) groups excluding carboxylic acids is 1. The zero-order chi connectivity index (χ0) is 19.8. The van der Waals surface area contributed by atoms with E-state index in [1.807, 2.05) is 36.4 Å². The van der Waals surface area contributed by atoms with Crippen molar-refractivity contribution in [2.24, 2.45) is 13.0 Å². The van der Waals surface area contributed by atoms with E-state index in [1.54, 1.807) is 7.05 Å². The molecule has 8 heteroatoms. The average Bonchev–Trinajstić information content (AvgIpc) is 3.10. The van der Waals surface area contributed by atoms with Gasteiger partial charge in [0.1, 0.15) is 0 Å². The molecule has 1 fully saturated rings. The van der Waals surface area contributed by atoms with Crippen LogP contribution in [0, 0.1) is 12.8 Å². The third kappa shape index (κ3) is 3.17. The van der Waals surface area contributed by atoms with Gasteiger partial charge in [0.15, 0.2) is 5.82 Å². The van der Waals surface area contributed by atoms with Gasteiger partial charge in [-0.1, -0.05) is 11.6 Å². The molecule has 148 valence electrons. The molecule has 2 aromatic heterocycles. The molecule has 1 aromatic carbocycles. The number of rotatable bonds is 4. The van der Waals surface area contributed by atoms with E-state index in [-0.39, 0.29) is 17.4 Å². The van der Waals surface area contributed by atoms with Crippen molar-refractivity contribution in [3.63, 3.8) is 0 Å². The van der Waals surface area contributed by atoms with E-state index in [0.29, 0.717) is 30.9 Å². The number of piperidine rings is 1. The number of aryl methyl sites for hydroxylation is 2. The summed E-state index contributed by atoms with van der Waals surface area (Å²) in [4.78, 5) is 27.0. The molecule has 0 amide bonds. The third-order valence-corrected chi connectivity index (χ3v) is 5.43. The minimum atomic E-state index is -0.123. The van der Waals surface area contributed by atoms with Crippen LogP contribution >= 0.6 is 0 Å². The van der Waals surface area contributed by atoms with Crippen LogP contribution in [0.3, 0.4) is 0 Å². The molecule has 0 aliphatic carbocycles. The predicted octanol–water partition coefficient (Wildman–Crippen LogP) is 1.66. The van der Waals surface area contributed by atoms with Crippen molar-refractivity contribution in [1.82, 2.24) is 24.1 Å². The molecule has 4 rings (SSSR count). The van der Waals surface area contributed by atoms with Crippen molar-refractivity contribution in [2.75, 3.05) is 19.7 Å². The largest absolute Gasteiger partial charge is 0.466 e. The molecule has 1 unspecified atom stereocenters. The van der Waals surface area contributed by atoms with Crippen LogP contribution in [0.25, 0.3) is 16.7 Å². The van der Waals surface area contributed by atoms with Crippen LogP contribution in [0.15, 0.2) is 23.0 Å². The minimum absolute atomic E-state index is 0.0782. The second kappa shape index (κ2) is 7.35. The molecule has 3 heterocycles. The van der Waals surface area contributed by atoms with Crippen LogP contribution in [0.2, 0.25) is 0 Å². The molecule has 1 aliphatic heterocycles. The molecule has 1 atom stereocenters. The normalized spacial score (nSPS) is 18.0. The molecular formula is C20H25N5O3. The Morgan fingerprint density at radius 1 is 1.32 bits per heavy atom. The molecule has 1 saturated heterocycles. The Morgan fingerprint density at radius 3 is 2.93 bits per heavy atom. The Labute approximate surface area is 162 Å². The highest BCUT2D eigenvalue weighted by Gasteiger charge is 2.28. The van der Waals surface area contributed by atoms with Crippen LogP contribution in [0.1, 0.15) is 31.2 Å². The van der Waals surface area contributed by atoms with Gasteiger partial charge in [0.25, 0.3) is 5.56 Å². The lowest BCUT2D eigenvalue weighted by Gasteiger charge is -2.30. The molecule has 1 aliphatic rings. The number of benzene rings is 1. The molecule has 0 spiro atoms. The topological polar surface area (TPSA) is 81.7 Å². The summed E-state index contributed by atoms with van der Waals surface area (Å²) in [5, 5.41) is 9.28. The summed E-state index contributed by atoms with van der Waals surface area (Å²) in [5.41, 5.74) is 1.76. The number of hydrogen-bond acceptors (Lipinski definition) is 6. The van der Waals surface area contributed by atoms with Gasteiger partial charge in [-0.15, -0.1) is 10.2 Å². The van der Waals surface area contributed by atoms with E-state index in [1.165, 1.54) is 4.57 Å². The highest BCUT2D eigenvalue weighted by atomic mass is 16.5. The molecule has 28 heavy (non-hydrogen) atoms. The standard InChI is InChI=1S/C20H25N5O3/c1-4-28-19(27)14-6-5-9-24(11-14)12-17-21-22-20-23(3)18(26)15-10-13(2)7-8-16(15)25(17)20/h7-8,10,14H,4-6,9,11-12H2,1-3H3. The highest BCUT2D eigenvalue weighted by Crippen LogP contribution is 2.21. The molecule has 0 bridgehead atoms. The fraction of sp³-hybridized carbons (Fsp3) is 0.500. The van der Waals surface area contributed by atoms with Gasteiger partial charge in [-0.3, -0.25) is 23.5 Å². The molecule has 0 N–H and O–H groups in total. The van der Waals surface area contributed by atoms with E-state index in [9.17, 15) is 9.59 Å². The van der Waals surface area contributed by atoms with Gasteiger partial charge in [0.2, 0.25) is 5.78 Å². The zero-order valence-electron chi connectivity index (χ0n) is 16.5. The molecular weight excluding hydrogens is 358 g/mol. The SMILES string of the molecule is CCOC(=O)C1CCCN(Cc2nnc3n(C)c(=O)c4cc(C)ccc4n23)C1. The van der Waals surface area contributed by atoms with Crippen LogP contribution in [0.5, 0.6) is 0 Å². The molecule has 0 radical (unpaired) electrons. The van der Waals surface area contributed by atoms with Crippen LogP contribution in [-0.4, -0.2) is 49.7 Å². The summed E-state index contributed by atoms with van der Waals surface area (Å²) >= 11 is 0. The van der Waals surface area contributed by atoms with Crippen molar-refractivity contribution in [3.05, 3.63) is 39.9 Å². The Balaban J connectivity index is 1.71. The quantitative estimate of drug-likeness (QED) is 0.638. The number of likely N-dealkylation sites (tertiary alicyclic amines) is 1. The van der Waals surface area contributed by atoms with Gasteiger partial charge in [-0.2, -0.15) is 0 Å². The Kier molecular flexibility index (Phi) is 4.89. The first-order valence-corrected chi connectivity index (χ1v) is 9.72. The summed E-state index contributed by atoms with van der Waals surface area (Å²) in [5.74, 6) is 1.07. The number of fused-ring (bicyclic) bond motifs is 3. The lowest BCUT2D eigenvalue weighted by Crippen LogP contribution is -2.39. The van der Waals surface area contributed by atoms with Gasteiger partial charge in [0, 0.05) is 13.6 Å². The smallest absolute Gasteiger partial charge is 0.310 e. The van der Waals surface area contributed by atoms with Crippen molar-refractivity contribution >= 4 is 22.6 Å². The summed E-state index contributed by atoms with van der Waals surface area (Å²) in [7, 11) is 1.72. The fourth-order valence-corrected chi connectivity index (χ4v) is 4.01. The molecule has 8 nitrogen and oxygen atoms in total. The van der Waals surface area contributed by atoms with E-state index in [0.717, 1.165) is 36.3 Å². The number of esters is 1. The maximum Gasteiger partial charge on any atom is 0.310 e. The lowest BCUT2D eigenvalue weighted by molar-refractivity contribution is -0.150. The Bertz CT molecular complexity index is 1100. The predicted molar refractivity (Wildman–Crippen MR) is 105 cm³/mol. The number of carbonyl (C=O) groups is 1. The first-order chi connectivity index (χ1) is 13.5. The van der Waals surface area contributed by atoms with Crippen molar-refractivity contribution in [3.8, 4) is 0 Å². The zero-order valence-corrected chi connectivity index (χ0v) is 16.5. The van der Waals surface area contributed by atoms with Gasteiger partial charge in [0.05, 0.1) is 30.0 Å². The van der Waals surface area contributed by atoms with E-state index in [4.69, 9.17) is 4.74 Å². The minimum Gasteiger partial charge on any atom is -0.466 e. The second-order valence-corrected chi connectivity index (χ2v) is 7.46. The highest BCUT2D eigenvalue weighted by molar-refractivity contribution is 5.81. The van der Waals surface area contributed by atoms with Gasteiger partial charge < -0.3 is 4.74 Å². The maximum atomic E-state index is 12.7. The number of hydrogen-bond donors (Lipinski definition) is 0. The van der Waals surface area contributed by atoms with Gasteiger partial charge in [-0.05, 0) is 45.4 Å². The summed E-state index contributed by atoms with van der Waals surface area (Å²) < 4.78 is 8.68. The monoisotopic (exact) mass is 383 g/mol. The van der Waals surface area contributed by atoms with E-state index < -0.39 is 0 Å². The first-order valence-electron chi connectivity index (χ1n) is 9.72. The number of ether oxygens (including phenoxy) is 1. The lowest BCUT2D eigenvalue weighted by atomic mass is 9.98. The first kappa shape index (κ1) is 18.6. The molecule has 3 aromatic rings. The van der Waals surface area contributed by atoms with Crippen LogP contribution in [-0.2, 0) is 23.1 Å². The Morgan fingerprint density at radius 2 is 2.14 bits per heavy atom. The van der Waals surface area contributed by atoms with Crippen LogP contribution < -0.4 is 5.56 Å². The van der Waals surface area contributed by atoms with Crippen molar-refractivity contribution < 1.29 is 9.53 Å². The third-order valence-electron chi connectivity index (χ3n) is 5.43. The number of aromatic nitrogens is 4. The van der Waals surface area contributed by atoms with Crippen molar-refractivity contribution in [1.29, 1.82) is 0 Å². The molecule has 0 saturated carbocycles. The van der Waals surface area contributed by atoms with E-state index in [2.05, 4.69) is 15.1 Å². The van der Waals surface area contributed by atoms with Gasteiger partial charge in [-0.25, -0.2) is 0 Å². The average molecular weight is 383 g/mol.